The molecule has 0 aliphatic heterocycles. The van der Waals surface area contributed by atoms with E-state index in [-0.39, 0.29) is 17.9 Å². The molecule has 0 heterocycles. The predicted molar refractivity (Wildman–Crippen MR) is 56.3 cm³/mol. The maximum absolute atomic E-state index is 13.5. The van der Waals surface area contributed by atoms with Crippen LogP contribution in [0, 0.1) is 5.82 Å². The fourth-order valence-corrected chi connectivity index (χ4v) is 1.76. The number of halogens is 2. The molecule has 1 atom stereocenters. The Balaban J connectivity index is 3.33. The average Bonchev–Trinajstić information content (AvgIpc) is 2.23. The van der Waals surface area contributed by atoms with Gasteiger partial charge in [-0.25, -0.2) is 0 Å². The van der Waals surface area contributed by atoms with Gasteiger partial charge in [0.05, 0.1) is 24.2 Å². The first kappa shape index (κ1) is 12.2. The van der Waals surface area contributed by atoms with Gasteiger partial charge in [0.2, 0.25) is 5.82 Å². The highest BCUT2D eigenvalue weighted by Gasteiger charge is 2.20. The molecular formula is C9H11BrFNO3. The molecule has 0 amide bonds. The third-order valence-electron chi connectivity index (χ3n) is 1.98. The number of phenols is 1. The van der Waals surface area contributed by atoms with Gasteiger partial charge in [-0.05, 0) is 22.0 Å². The summed E-state index contributed by atoms with van der Waals surface area (Å²) >= 11 is 3.08. The van der Waals surface area contributed by atoms with E-state index in [1.165, 1.54) is 13.2 Å². The van der Waals surface area contributed by atoms with E-state index in [1.807, 2.05) is 0 Å². The van der Waals surface area contributed by atoms with Crippen molar-refractivity contribution in [2.24, 2.45) is 5.73 Å². The maximum Gasteiger partial charge on any atom is 0.208 e. The molecule has 1 unspecified atom stereocenters. The van der Waals surface area contributed by atoms with Crippen LogP contribution in [0.25, 0.3) is 0 Å². The molecule has 1 aromatic rings. The van der Waals surface area contributed by atoms with Gasteiger partial charge in [-0.15, -0.1) is 0 Å². The maximum atomic E-state index is 13.5. The Morgan fingerprint density at radius 3 is 2.73 bits per heavy atom. The van der Waals surface area contributed by atoms with Crippen molar-refractivity contribution in [2.45, 2.75) is 6.04 Å². The second-order valence-electron chi connectivity index (χ2n) is 2.93. The zero-order valence-corrected chi connectivity index (χ0v) is 9.58. The zero-order chi connectivity index (χ0) is 11.6. The minimum atomic E-state index is -0.897. The number of aliphatic hydroxyl groups excluding tert-OH is 1. The Labute approximate surface area is 94.6 Å². The van der Waals surface area contributed by atoms with E-state index < -0.39 is 17.6 Å². The van der Waals surface area contributed by atoms with Gasteiger partial charge in [-0.2, -0.15) is 4.39 Å². The number of phenolic OH excluding ortho intramolecular Hbond substituents is 1. The van der Waals surface area contributed by atoms with Crippen LogP contribution in [0.4, 0.5) is 4.39 Å². The molecule has 4 N–H and O–H groups in total. The number of hydrogen-bond donors (Lipinski definition) is 3. The first-order valence-corrected chi connectivity index (χ1v) is 4.93. The minimum absolute atomic E-state index is 0.0959. The van der Waals surface area contributed by atoms with Crippen LogP contribution in [0.5, 0.6) is 11.5 Å². The Bertz CT molecular complexity index is 373. The van der Waals surface area contributed by atoms with E-state index in [9.17, 15) is 9.50 Å². The lowest BCUT2D eigenvalue weighted by molar-refractivity contribution is 0.263. The molecule has 0 aliphatic rings. The summed E-state index contributed by atoms with van der Waals surface area (Å²) in [6.07, 6.45) is 0. The standard InChI is InChI=1S/C9H11BrFNO3/c1-15-9-5(10)2-4(6(12)3-13)8(14)7(9)11/h2,6,13-14H,3,12H2,1H3. The molecule has 0 spiro atoms. The molecule has 84 valence electrons. The van der Waals surface area contributed by atoms with Crippen molar-refractivity contribution in [1.29, 1.82) is 0 Å². The summed E-state index contributed by atoms with van der Waals surface area (Å²) in [7, 11) is 1.29. The summed E-state index contributed by atoms with van der Waals surface area (Å²) in [5.74, 6) is -1.59. The van der Waals surface area contributed by atoms with Crippen LogP contribution in [-0.4, -0.2) is 23.9 Å². The van der Waals surface area contributed by atoms with Gasteiger partial charge in [-0.1, -0.05) is 0 Å². The number of aromatic hydroxyl groups is 1. The van der Waals surface area contributed by atoms with E-state index >= 15 is 0 Å². The van der Waals surface area contributed by atoms with Crippen LogP contribution in [0.15, 0.2) is 10.5 Å². The second-order valence-corrected chi connectivity index (χ2v) is 3.79. The molecule has 1 aromatic carbocycles. The van der Waals surface area contributed by atoms with Gasteiger partial charge in [0.1, 0.15) is 0 Å². The molecule has 0 bridgehead atoms. The molecule has 15 heavy (non-hydrogen) atoms. The Morgan fingerprint density at radius 2 is 2.27 bits per heavy atom. The Kier molecular flexibility index (Phi) is 3.90. The third kappa shape index (κ3) is 2.22. The van der Waals surface area contributed by atoms with Crippen LogP contribution < -0.4 is 10.5 Å². The van der Waals surface area contributed by atoms with Gasteiger partial charge in [0.15, 0.2) is 11.5 Å². The van der Waals surface area contributed by atoms with Crippen molar-refractivity contribution in [3.8, 4) is 11.5 Å². The first-order chi connectivity index (χ1) is 7.02. The number of nitrogens with two attached hydrogens (primary N) is 1. The highest BCUT2D eigenvalue weighted by Crippen LogP contribution is 2.38. The van der Waals surface area contributed by atoms with E-state index in [1.54, 1.807) is 0 Å². The largest absolute Gasteiger partial charge is 0.504 e. The van der Waals surface area contributed by atoms with Crippen molar-refractivity contribution in [1.82, 2.24) is 0 Å². The fourth-order valence-electron chi connectivity index (χ4n) is 1.18. The topological polar surface area (TPSA) is 75.7 Å². The molecule has 0 aromatic heterocycles. The van der Waals surface area contributed by atoms with Gasteiger partial charge >= 0.3 is 0 Å². The number of rotatable bonds is 3. The lowest BCUT2D eigenvalue weighted by Gasteiger charge is -2.14. The number of hydrogen-bond acceptors (Lipinski definition) is 4. The van der Waals surface area contributed by atoms with Crippen molar-refractivity contribution in [3.05, 3.63) is 21.9 Å². The summed E-state index contributed by atoms with van der Waals surface area (Å²) in [6.45, 7) is -0.383. The first-order valence-electron chi connectivity index (χ1n) is 4.14. The predicted octanol–water partition coefficient (Wildman–Crippen LogP) is 1.29. The molecular weight excluding hydrogens is 269 g/mol. The zero-order valence-electron chi connectivity index (χ0n) is 8.00. The van der Waals surface area contributed by atoms with Crippen LogP contribution >= 0.6 is 15.9 Å². The van der Waals surface area contributed by atoms with Crippen molar-refractivity contribution in [3.63, 3.8) is 0 Å². The molecule has 0 saturated heterocycles. The number of ether oxygens (including phenoxy) is 1. The van der Waals surface area contributed by atoms with Crippen LogP contribution in [0.3, 0.4) is 0 Å². The molecule has 1 rings (SSSR count). The summed E-state index contributed by atoms with van der Waals surface area (Å²) < 4.78 is 18.6. The van der Waals surface area contributed by atoms with E-state index in [0.717, 1.165) is 0 Å². The molecule has 6 heteroatoms. The second kappa shape index (κ2) is 4.78. The smallest absolute Gasteiger partial charge is 0.208 e. The number of methoxy groups -OCH3 is 1. The van der Waals surface area contributed by atoms with Gasteiger partial charge in [0.25, 0.3) is 0 Å². The summed E-state index contributed by atoms with van der Waals surface area (Å²) in [6, 6.07) is 0.583. The van der Waals surface area contributed by atoms with E-state index in [4.69, 9.17) is 15.6 Å². The van der Waals surface area contributed by atoms with E-state index in [0.29, 0.717) is 4.47 Å². The van der Waals surface area contributed by atoms with Crippen LogP contribution in [-0.2, 0) is 0 Å². The van der Waals surface area contributed by atoms with Crippen LogP contribution in [0.1, 0.15) is 11.6 Å². The van der Waals surface area contributed by atoms with Crippen molar-refractivity contribution >= 4 is 15.9 Å². The van der Waals surface area contributed by atoms with Crippen LogP contribution in [0.2, 0.25) is 0 Å². The van der Waals surface area contributed by atoms with E-state index in [2.05, 4.69) is 15.9 Å². The summed E-state index contributed by atoms with van der Waals surface area (Å²) in [5.41, 5.74) is 5.61. The normalized spacial score (nSPS) is 12.6. The highest BCUT2D eigenvalue weighted by atomic mass is 79.9. The molecule has 4 nitrogen and oxygen atoms in total. The quantitative estimate of drug-likeness (QED) is 0.780. The highest BCUT2D eigenvalue weighted by molar-refractivity contribution is 9.10. The average molecular weight is 280 g/mol. The molecule has 0 fully saturated rings. The van der Waals surface area contributed by atoms with Gasteiger partial charge < -0.3 is 20.7 Å². The minimum Gasteiger partial charge on any atom is -0.504 e. The molecule has 0 aliphatic carbocycles. The monoisotopic (exact) mass is 279 g/mol. The summed E-state index contributed by atoms with van der Waals surface area (Å²) in [5, 5.41) is 18.3. The number of benzene rings is 1. The lowest BCUT2D eigenvalue weighted by atomic mass is 10.1. The van der Waals surface area contributed by atoms with Gasteiger partial charge in [0, 0.05) is 5.56 Å². The Hall–Kier alpha value is -0.850. The SMILES string of the molecule is COc1c(Br)cc(C(N)CO)c(O)c1F. The van der Waals surface area contributed by atoms with Gasteiger partial charge in [-0.3, -0.25) is 0 Å². The molecule has 0 radical (unpaired) electrons. The third-order valence-corrected chi connectivity index (χ3v) is 2.57. The lowest BCUT2D eigenvalue weighted by Crippen LogP contribution is -2.15. The van der Waals surface area contributed by atoms with Crippen molar-refractivity contribution in [2.75, 3.05) is 13.7 Å². The molecule has 0 saturated carbocycles. The Morgan fingerprint density at radius 1 is 1.67 bits per heavy atom. The summed E-state index contributed by atoms with van der Waals surface area (Å²) in [4.78, 5) is 0. The number of aliphatic hydroxyl groups is 1. The fraction of sp³-hybridized carbons (Fsp3) is 0.333. The van der Waals surface area contributed by atoms with Crippen molar-refractivity contribution < 1.29 is 19.3 Å².